The summed E-state index contributed by atoms with van der Waals surface area (Å²) in [4.78, 5) is 8.71. The number of fused-ring (bicyclic) bond motifs is 1. The number of anilines is 1. The maximum Gasteiger partial charge on any atom is 0.180 e. The van der Waals surface area contributed by atoms with Crippen molar-refractivity contribution >= 4 is 27.4 Å². The molecule has 3 rings (SSSR count). The van der Waals surface area contributed by atoms with Crippen LogP contribution in [0.15, 0.2) is 23.2 Å². The van der Waals surface area contributed by atoms with Crippen LogP contribution in [0.1, 0.15) is 19.8 Å². The Morgan fingerprint density at radius 1 is 1.53 bits per heavy atom. The smallest absolute Gasteiger partial charge is 0.180 e. The topological polar surface area (TPSA) is 42.2 Å². The van der Waals surface area contributed by atoms with Crippen molar-refractivity contribution in [2.45, 2.75) is 25.3 Å². The predicted molar refractivity (Wildman–Crippen MR) is 61.9 cm³/mol. The molecule has 1 saturated carbocycles. The quantitative estimate of drug-likeness (QED) is 0.908. The molecule has 0 radical (unpaired) electrons. The number of aromatic nitrogens is 3. The number of imidazole rings is 1. The Labute approximate surface area is 95.9 Å². The van der Waals surface area contributed by atoms with Gasteiger partial charge in [0.1, 0.15) is 4.60 Å². The number of nitrogens with one attached hydrogen (secondary N) is 1. The van der Waals surface area contributed by atoms with Gasteiger partial charge in [-0.1, -0.05) is 0 Å². The van der Waals surface area contributed by atoms with Gasteiger partial charge < -0.3 is 9.72 Å². The first kappa shape index (κ1) is 9.15. The largest absolute Gasteiger partial charge is 0.362 e. The third-order valence-corrected chi connectivity index (χ3v) is 3.15. The van der Waals surface area contributed by atoms with Gasteiger partial charge in [-0.05, 0) is 35.7 Å². The number of hydrogen-bond acceptors (Lipinski definition) is 3. The molecule has 2 heterocycles. The highest BCUT2D eigenvalue weighted by Crippen LogP contribution is 2.38. The Bertz CT molecular complexity index is 515. The van der Waals surface area contributed by atoms with Gasteiger partial charge in [0.05, 0.1) is 0 Å². The summed E-state index contributed by atoms with van der Waals surface area (Å²) in [6.07, 6.45) is 8.01. The van der Waals surface area contributed by atoms with Crippen LogP contribution >= 0.6 is 15.9 Å². The van der Waals surface area contributed by atoms with Crippen LogP contribution in [0.5, 0.6) is 0 Å². The molecule has 0 saturated heterocycles. The molecule has 0 aliphatic heterocycles. The summed E-state index contributed by atoms with van der Waals surface area (Å²) in [6.45, 7) is 2.20. The highest BCUT2D eigenvalue weighted by atomic mass is 79.9. The first-order valence-corrected chi connectivity index (χ1v) is 5.73. The minimum Gasteiger partial charge on any atom is -0.362 e. The number of rotatable bonds is 2. The number of hydrogen-bond donors (Lipinski definition) is 1. The first-order valence-electron chi connectivity index (χ1n) is 4.94. The van der Waals surface area contributed by atoms with Gasteiger partial charge in [-0.25, -0.2) is 9.97 Å². The first-order chi connectivity index (χ1) is 7.16. The van der Waals surface area contributed by atoms with E-state index in [1.807, 2.05) is 16.8 Å². The molecule has 0 unspecified atom stereocenters. The van der Waals surface area contributed by atoms with E-state index in [2.05, 4.69) is 38.1 Å². The Morgan fingerprint density at radius 2 is 2.33 bits per heavy atom. The van der Waals surface area contributed by atoms with Gasteiger partial charge in [0.2, 0.25) is 0 Å². The van der Waals surface area contributed by atoms with E-state index in [0.717, 1.165) is 16.1 Å². The van der Waals surface area contributed by atoms with E-state index in [1.54, 1.807) is 6.20 Å². The molecular weight excluding hydrogens is 256 g/mol. The molecular formula is C10H11BrN4. The fourth-order valence-corrected chi connectivity index (χ4v) is 1.98. The molecule has 2 aromatic rings. The Kier molecular flexibility index (Phi) is 1.80. The monoisotopic (exact) mass is 266 g/mol. The van der Waals surface area contributed by atoms with Crippen molar-refractivity contribution in [1.29, 1.82) is 0 Å². The third-order valence-electron chi connectivity index (χ3n) is 2.76. The van der Waals surface area contributed by atoms with Crippen LogP contribution in [0.3, 0.4) is 0 Å². The van der Waals surface area contributed by atoms with Crippen LogP contribution in [0.2, 0.25) is 0 Å². The van der Waals surface area contributed by atoms with Crippen LogP contribution < -0.4 is 5.32 Å². The van der Waals surface area contributed by atoms with Crippen LogP contribution in [-0.2, 0) is 0 Å². The minimum atomic E-state index is 0.222. The Hall–Kier alpha value is -1.10. The van der Waals surface area contributed by atoms with E-state index in [1.165, 1.54) is 12.8 Å². The Balaban J connectivity index is 2.11. The van der Waals surface area contributed by atoms with Gasteiger partial charge in [0.15, 0.2) is 11.5 Å². The van der Waals surface area contributed by atoms with Crippen molar-refractivity contribution in [2.75, 3.05) is 5.32 Å². The average molecular weight is 267 g/mol. The summed E-state index contributed by atoms with van der Waals surface area (Å²) < 4.78 is 2.78. The third kappa shape index (κ3) is 1.61. The van der Waals surface area contributed by atoms with Crippen molar-refractivity contribution in [3.05, 3.63) is 23.2 Å². The molecule has 1 N–H and O–H groups in total. The zero-order valence-electron chi connectivity index (χ0n) is 8.37. The fourth-order valence-electron chi connectivity index (χ4n) is 1.58. The van der Waals surface area contributed by atoms with Crippen molar-refractivity contribution in [1.82, 2.24) is 14.4 Å². The van der Waals surface area contributed by atoms with E-state index in [9.17, 15) is 0 Å². The van der Waals surface area contributed by atoms with Crippen molar-refractivity contribution in [2.24, 2.45) is 0 Å². The summed E-state index contributed by atoms with van der Waals surface area (Å²) in [5, 5.41) is 3.44. The van der Waals surface area contributed by atoms with Crippen LogP contribution in [0.25, 0.3) is 5.65 Å². The van der Waals surface area contributed by atoms with Gasteiger partial charge in [-0.2, -0.15) is 0 Å². The Morgan fingerprint density at radius 3 is 3.07 bits per heavy atom. The molecule has 4 nitrogen and oxygen atoms in total. The highest BCUT2D eigenvalue weighted by molar-refractivity contribution is 9.10. The lowest BCUT2D eigenvalue weighted by Crippen LogP contribution is -2.17. The molecule has 1 fully saturated rings. The van der Waals surface area contributed by atoms with Crippen LogP contribution in [0.4, 0.5) is 5.82 Å². The number of nitrogens with zero attached hydrogens (tertiary/aromatic N) is 3. The maximum absolute atomic E-state index is 4.42. The molecule has 0 amide bonds. The lowest BCUT2D eigenvalue weighted by molar-refractivity contribution is 0.818. The van der Waals surface area contributed by atoms with E-state index < -0.39 is 0 Å². The van der Waals surface area contributed by atoms with Gasteiger partial charge in [0.25, 0.3) is 0 Å². The lowest BCUT2D eigenvalue weighted by Gasteiger charge is -2.12. The maximum atomic E-state index is 4.42. The molecule has 1 aliphatic rings. The molecule has 2 aromatic heterocycles. The van der Waals surface area contributed by atoms with E-state index in [4.69, 9.17) is 0 Å². The normalized spacial score (nSPS) is 18.0. The van der Waals surface area contributed by atoms with Gasteiger partial charge in [0, 0.05) is 24.1 Å². The predicted octanol–water partition coefficient (Wildman–Crippen LogP) is 2.46. The number of halogens is 1. The average Bonchev–Trinajstić information content (AvgIpc) is 2.73. The van der Waals surface area contributed by atoms with E-state index in [0.29, 0.717) is 0 Å². The van der Waals surface area contributed by atoms with Crippen LogP contribution in [-0.4, -0.2) is 19.9 Å². The molecule has 5 heteroatoms. The molecule has 0 spiro atoms. The molecule has 78 valence electrons. The molecule has 0 atom stereocenters. The minimum absolute atomic E-state index is 0.222. The van der Waals surface area contributed by atoms with Gasteiger partial charge in [-0.15, -0.1) is 0 Å². The summed E-state index contributed by atoms with van der Waals surface area (Å²) in [7, 11) is 0. The second-order valence-corrected chi connectivity index (χ2v) is 5.07. The van der Waals surface area contributed by atoms with E-state index >= 15 is 0 Å². The SMILES string of the molecule is CC1(Nc2nc(Br)cn3ccnc23)CC1. The molecule has 0 aromatic carbocycles. The van der Waals surface area contributed by atoms with Crippen molar-refractivity contribution in [3.63, 3.8) is 0 Å². The highest BCUT2D eigenvalue weighted by Gasteiger charge is 2.38. The molecule has 15 heavy (non-hydrogen) atoms. The van der Waals surface area contributed by atoms with Crippen LogP contribution in [0, 0.1) is 0 Å². The van der Waals surface area contributed by atoms with E-state index in [-0.39, 0.29) is 5.54 Å². The standard InChI is InChI=1S/C10H11BrN4/c1-10(2-3-10)14-8-9-12-4-5-15(9)6-7(11)13-8/h4-6H,2-3H2,1H3,(H,13,14). The summed E-state index contributed by atoms with van der Waals surface area (Å²) in [6, 6.07) is 0. The summed E-state index contributed by atoms with van der Waals surface area (Å²) >= 11 is 3.40. The molecule has 1 aliphatic carbocycles. The zero-order chi connectivity index (χ0) is 10.5. The second kappa shape index (κ2) is 2.95. The lowest BCUT2D eigenvalue weighted by atomic mass is 10.3. The summed E-state index contributed by atoms with van der Waals surface area (Å²) in [5.41, 5.74) is 1.10. The van der Waals surface area contributed by atoms with Crippen molar-refractivity contribution in [3.8, 4) is 0 Å². The zero-order valence-corrected chi connectivity index (χ0v) is 9.95. The molecule has 0 bridgehead atoms. The second-order valence-electron chi connectivity index (χ2n) is 4.26. The van der Waals surface area contributed by atoms with Gasteiger partial charge >= 0.3 is 0 Å². The fraction of sp³-hybridized carbons (Fsp3) is 0.400. The summed E-state index contributed by atoms with van der Waals surface area (Å²) in [5.74, 6) is 0.856. The van der Waals surface area contributed by atoms with Crippen molar-refractivity contribution < 1.29 is 0 Å². The van der Waals surface area contributed by atoms with Gasteiger partial charge in [-0.3, -0.25) is 0 Å².